The van der Waals surface area contributed by atoms with Gasteiger partial charge in [-0.05, 0) is 23.4 Å². The Hall–Kier alpha value is -1.40. The molecule has 1 aromatic heterocycles. The van der Waals surface area contributed by atoms with Crippen LogP contribution < -0.4 is 0 Å². The maximum Gasteiger partial charge on any atom is 0.336 e. The van der Waals surface area contributed by atoms with Crippen molar-refractivity contribution in [1.82, 2.24) is 4.90 Å². The van der Waals surface area contributed by atoms with Gasteiger partial charge in [0.25, 0.3) is 5.91 Å². The summed E-state index contributed by atoms with van der Waals surface area (Å²) in [5.41, 5.74) is 1.05. The number of thiophene rings is 1. The SMILES string of the molecule is CCc1ccsc1C(=O)N1CCOC(C(=O)OC)C1. The number of nitrogens with zero attached hydrogens (tertiary/aromatic N) is 1. The van der Waals surface area contributed by atoms with Crippen LogP contribution in [0.4, 0.5) is 0 Å². The van der Waals surface area contributed by atoms with Crippen molar-refractivity contribution < 1.29 is 19.1 Å². The first-order valence-electron chi connectivity index (χ1n) is 6.22. The van der Waals surface area contributed by atoms with Crippen LogP contribution in [-0.2, 0) is 20.7 Å². The van der Waals surface area contributed by atoms with Gasteiger partial charge in [0.15, 0.2) is 6.10 Å². The van der Waals surface area contributed by atoms with E-state index in [1.54, 1.807) is 4.90 Å². The van der Waals surface area contributed by atoms with Gasteiger partial charge >= 0.3 is 5.97 Å². The molecule has 0 aliphatic carbocycles. The molecule has 1 aliphatic rings. The predicted octanol–water partition coefficient (Wildman–Crippen LogP) is 1.32. The molecule has 1 saturated heterocycles. The third-order valence-electron chi connectivity index (χ3n) is 3.14. The van der Waals surface area contributed by atoms with Gasteiger partial charge in [0.05, 0.1) is 25.1 Å². The van der Waals surface area contributed by atoms with Gasteiger partial charge in [-0.3, -0.25) is 4.79 Å². The lowest BCUT2D eigenvalue weighted by atomic mass is 10.2. The molecule has 1 fully saturated rings. The van der Waals surface area contributed by atoms with E-state index in [0.29, 0.717) is 13.2 Å². The number of methoxy groups -OCH3 is 1. The first-order valence-corrected chi connectivity index (χ1v) is 7.10. The van der Waals surface area contributed by atoms with Crippen molar-refractivity contribution in [3.8, 4) is 0 Å². The Morgan fingerprint density at radius 2 is 2.37 bits per heavy atom. The molecule has 2 heterocycles. The summed E-state index contributed by atoms with van der Waals surface area (Å²) in [5.74, 6) is -0.455. The molecule has 1 unspecified atom stereocenters. The smallest absolute Gasteiger partial charge is 0.336 e. The summed E-state index contributed by atoms with van der Waals surface area (Å²) in [6.07, 6.45) is 0.155. The van der Waals surface area contributed by atoms with E-state index >= 15 is 0 Å². The van der Waals surface area contributed by atoms with Crippen LogP contribution in [0.5, 0.6) is 0 Å². The van der Waals surface area contributed by atoms with Crippen LogP contribution in [0.1, 0.15) is 22.2 Å². The van der Waals surface area contributed by atoms with Crippen molar-refractivity contribution in [2.45, 2.75) is 19.4 Å². The van der Waals surface area contributed by atoms with E-state index in [9.17, 15) is 9.59 Å². The maximum atomic E-state index is 12.4. The number of morpholine rings is 1. The molecule has 2 rings (SSSR count). The lowest BCUT2D eigenvalue weighted by Crippen LogP contribution is -2.48. The van der Waals surface area contributed by atoms with Crippen LogP contribution in [0.2, 0.25) is 0 Å². The monoisotopic (exact) mass is 283 g/mol. The Bertz CT molecular complexity index is 471. The Morgan fingerprint density at radius 1 is 1.58 bits per heavy atom. The molecule has 104 valence electrons. The zero-order chi connectivity index (χ0) is 13.8. The number of aryl methyl sites for hydroxylation is 1. The fourth-order valence-electron chi connectivity index (χ4n) is 2.05. The average Bonchev–Trinajstić information content (AvgIpc) is 2.94. The average molecular weight is 283 g/mol. The zero-order valence-corrected chi connectivity index (χ0v) is 11.9. The molecule has 6 heteroatoms. The van der Waals surface area contributed by atoms with E-state index in [-0.39, 0.29) is 12.5 Å². The van der Waals surface area contributed by atoms with Crippen molar-refractivity contribution in [1.29, 1.82) is 0 Å². The molecule has 0 bridgehead atoms. The molecule has 1 atom stereocenters. The second-order valence-electron chi connectivity index (χ2n) is 4.26. The number of carbonyl (C=O) groups is 2. The number of hydrogen-bond donors (Lipinski definition) is 0. The third kappa shape index (κ3) is 2.96. The van der Waals surface area contributed by atoms with E-state index in [2.05, 4.69) is 4.74 Å². The van der Waals surface area contributed by atoms with Crippen molar-refractivity contribution in [3.05, 3.63) is 21.9 Å². The molecule has 1 amide bonds. The second-order valence-corrected chi connectivity index (χ2v) is 5.18. The third-order valence-corrected chi connectivity index (χ3v) is 4.08. The molecule has 0 saturated carbocycles. The minimum absolute atomic E-state index is 0.0240. The minimum atomic E-state index is -0.673. The van der Waals surface area contributed by atoms with E-state index < -0.39 is 12.1 Å². The molecule has 0 radical (unpaired) electrons. The van der Waals surface area contributed by atoms with Gasteiger partial charge in [0.1, 0.15) is 0 Å². The molecule has 0 N–H and O–H groups in total. The quantitative estimate of drug-likeness (QED) is 0.785. The molecule has 0 aromatic carbocycles. The highest BCUT2D eigenvalue weighted by atomic mass is 32.1. The van der Waals surface area contributed by atoms with E-state index in [1.807, 2.05) is 18.4 Å². The van der Waals surface area contributed by atoms with Crippen LogP contribution in [0.15, 0.2) is 11.4 Å². The molecular formula is C13H17NO4S. The van der Waals surface area contributed by atoms with Gasteiger partial charge in [-0.1, -0.05) is 6.92 Å². The molecule has 5 nitrogen and oxygen atoms in total. The van der Waals surface area contributed by atoms with Gasteiger partial charge in [-0.15, -0.1) is 11.3 Å². The zero-order valence-electron chi connectivity index (χ0n) is 11.0. The van der Waals surface area contributed by atoms with Crippen LogP contribution in [0.3, 0.4) is 0 Å². The Balaban J connectivity index is 2.09. The molecular weight excluding hydrogens is 266 g/mol. The Kier molecular flexibility index (Phi) is 4.55. The van der Waals surface area contributed by atoms with Crippen molar-refractivity contribution in [3.63, 3.8) is 0 Å². The van der Waals surface area contributed by atoms with Gasteiger partial charge in [-0.2, -0.15) is 0 Å². The molecule has 19 heavy (non-hydrogen) atoms. The normalized spacial score (nSPS) is 19.3. The number of amides is 1. The summed E-state index contributed by atoms with van der Waals surface area (Å²) < 4.78 is 9.97. The summed E-state index contributed by atoms with van der Waals surface area (Å²) in [6.45, 7) is 3.15. The summed E-state index contributed by atoms with van der Waals surface area (Å²) in [6, 6.07) is 1.97. The highest BCUT2D eigenvalue weighted by Crippen LogP contribution is 2.21. The second kappa shape index (κ2) is 6.16. The van der Waals surface area contributed by atoms with Crippen LogP contribution in [0, 0.1) is 0 Å². The molecule has 0 spiro atoms. The first kappa shape index (κ1) is 14.0. The minimum Gasteiger partial charge on any atom is -0.467 e. The number of rotatable bonds is 3. The van der Waals surface area contributed by atoms with Crippen molar-refractivity contribution >= 4 is 23.2 Å². The van der Waals surface area contributed by atoms with Gasteiger partial charge < -0.3 is 14.4 Å². The molecule has 1 aliphatic heterocycles. The number of hydrogen-bond acceptors (Lipinski definition) is 5. The number of ether oxygens (including phenoxy) is 2. The van der Waals surface area contributed by atoms with Crippen LogP contribution >= 0.6 is 11.3 Å². The lowest BCUT2D eigenvalue weighted by molar-refractivity contribution is -0.158. The van der Waals surface area contributed by atoms with E-state index in [0.717, 1.165) is 16.9 Å². The highest BCUT2D eigenvalue weighted by Gasteiger charge is 2.31. The van der Waals surface area contributed by atoms with E-state index in [1.165, 1.54) is 18.4 Å². The highest BCUT2D eigenvalue weighted by molar-refractivity contribution is 7.12. The standard InChI is InChI=1S/C13H17NO4S/c1-3-9-4-7-19-11(9)12(15)14-5-6-18-10(8-14)13(16)17-2/h4,7,10H,3,5-6,8H2,1-2H3. The summed E-state index contributed by atoms with van der Waals surface area (Å²) in [7, 11) is 1.32. The van der Waals surface area contributed by atoms with Crippen LogP contribution in [0.25, 0.3) is 0 Å². The van der Waals surface area contributed by atoms with Crippen molar-refractivity contribution in [2.24, 2.45) is 0 Å². The first-order chi connectivity index (χ1) is 9.17. The van der Waals surface area contributed by atoms with Crippen LogP contribution in [-0.4, -0.2) is 49.7 Å². The summed E-state index contributed by atoms with van der Waals surface area (Å²) in [4.78, 5) is 26.3. The van der Waals surface area contributed by atoms with Gasteiger partial charge in [0, 0.05) is 6.54 Å². The number of esters is 1. The Morgan fingerprint density at radius 3 is 3.05 bits per heavy atom. The number of carbonyl (C=O) groups excluding carboxylic acids is 2. The fourth-order valence-corrected chi connectivity index (χ4v) is 3.02. The topological polar surface area (TPSA) is 55.8 Å². The van der Waals surface area contributed by atoms with Gasteiger partial charge in [0.2, 0.25) is 0 Å². The van der Waals surface area contributed by atoms with E-state index in [4.69, 9.17) is 4.74 Å². The largest absolute Gasteiger partial charge is 0.467 e. The maximum absolute atomic E-state index is 12.4. The van der Waals surface area contributed by atoms with Crippen molar-refractivity contribution in [2.75, 3.05) is 26.8 Å². The summed E-state index contributed by atoms with van der Waals surface area (Å²) >= 11 is 1.44. The Labute approximate surface area is 116 Å². The predicted molar refractivity (Wildman–Crippen MR) is 71.4 cm³/mol. The summed E-state index contributed by atoms with van der Waals surface area (Å²) in [5, 5.41) is 1.92. The van der Waals surface area contributed by atoms with Gasteiger partial charge in [-0.25, -0.2) is 4.79 Å². The lowest BCUT2D eigenvalue weighted by Gasteiger charge is -2.31. The molecule has 1 aromatic rings. The fraction of sp³-hybridized carbons (Fsp3) is 0.538.